The van der Waals surface area contributed by atoms with Gasteiger partial charge in [-0.1, -0.05) is 40.3 Å². The van der Waals surface area contributed by atoms with Crippen molar-refractivity contribution in [3.8, 4) is 0 Å². The molecule has 4 nitrogen and oxygen atoms in total. The minimum Gasteiger partial charge on any atom is -0.393 e. The number of sulfone groups is 1. The first-order valence-corrected chi connectivity index (χ1v) is 9.72. The zero-order valence-corrected chi connectivity index (χ0v) is 15.1. The summed E-state index contributed by atoms with van der Waals surface area (Å²) in [6.07, 6.45) is 1.23. The molecule has 1 aliphatic rings. The van der Waals surface area contributed by atoms with Gasteiger partial charge < -0.3 is 10.5 Å². The number of benzene rings is 1. The Balaban J connectivity index is 2.46. The number of ether oxygens (including phenoxy) is 1. The Hall–Kier alpha value is -0.500. The molecule has 2 N–H and O–H groups in total. The molecule has 7 heteroatoms. The van der Waals surface area contributed by atoms with Gasteiger partial charge in [-0.05, 0) is 24.6 Å². The Labute approximate surface area is 139 Å². The van der Waals surface area contributed by atoms with Gasteiger partial charge in [-0.2, -0.15) is 0 Å². The van der Waals surface area contributed by atoms with E-state index >= 15 is 0 Å². The molecule has 0 spiro atoms. The summed E-state index contributed by atoms with van der Waals surface area (Å²) in [5, 5.41) is -0.616. The monoisotopic (exact) mass is 391 g/mol. The predicted molar refractivity (Wildman–Crippen MR) is 91.2 cm³/mol. The van der Waals surface area contributed by atoms with Crippen molar-refractivity contribution in [1.82, 2.24) is 0 Å². The third-order valence-electron chi connectivity index (χ3n) is 3.95. The van der Waals surface area contributed by atoms with Crippen LogP contribution in [0, 0.1) is 5.41 Å². The first kappa shape index (κ1) is 16.9. The fourth-order valence-electron chi connectivity index (χ4n) is 2.98. The molecule has 0 aliphatic heterocycles. The van der Waals surface area contributed by atoms with E-state index in [0.29, 0.717) is 6.61 Å². The standard InChI is InChI=1S/C14H18BrNO3S2/c1-3-19-8-14(13(16)20)11(12(14)21(2,17)18)9-4-6-10(15)7-5-9/h4-7,11-12H,3,8H2,1-2H3,(H2,16,20). The van der Waals surface area contributed by atoms with E-state index in [1.54, 1.807) is 0 Å². The van der Waals surface area contributed by atoms with Gasteiger partial charge in [-0.25, -0.2) is 8.42 Å². The highest BCUT2D eigenvalue weighted by Crippen LogP contribution is 2.63. The predicted octanol–water partition coefficient (Wildman–Crippen LogP) is 2.27. The van der Waals surface area contributed by atoms with Crippen molar-refractivity contribution in [2.24, 2.45) is 11.1 Å². The van der Waals surface area contributed by atoms with Crippen LogP contribution < -0.4 is 5.73 Å². The normalized spacial score (nSPS) is 28.3. The maximum Gasteiger partial charge on any atom is 0.152 e. The van der Waals surface area contributed by atoms with Gasteiger partial charge in [0.05, 0.1) is 22.3 Å². The molecule has 3 atom stereocenters. The average Bonchev–Trinajstić information content (AvgIpc) is 3.08. The number of nitrogens with two attached hydrogens (primary N) is 1. The largest absolute Gasteiger partial charge is 0.393 e. The van der Waals surface area contributed by atoms with Crippen molar-refractivity contribution < 1.29 is 13.2 Å². The molecule has 0 bridgehead atoms. The van der Waals surface area contributed by atoms with Crippen LogP contribution in [0.1, 0.15) is 18.4 Å². The molecule has 1 aromatic carbocycles. The van der Waals surface area contributed by atoms with Crippen molar-refractivity contribution in [3.05, 3.63) is 34.3 Å². The zero-order chi connectivity index (χ0) is 15.8. The average molecular weight is 392 g/mol. The van der Waals surface area contributed by atoms with Crippen molar-refractivity contribution in [2.45, 2.75) is 18.1 Å². The molecule has 0 radical (unpaired) electrons. The van der Waals surface area contributed by atoms with Crippen molar-refractivity contribution in [3.63, 3.8) is 0 Å². The van der Waals surface area contributed by atoms with Crippen LogP contribution in [0.2, 0.25) is 0 Å². The van der Waals surface area contributed by atoms with Gasteiger partial charge in [-0.3, -0.25) is 0 Å². The summed E-state index contributed by atoms with van der Waals surface area (Å²) in [6.45, 7) is 2.59. The molecule has 0 saturated heterocycles. The lowest BCUT2D eigenvalue weighted by atomic mass is 10.00. The SMILES string of the molecule is CCOCC1(C(N)=S)C(c2ccc(Br)cc2)C1S(C)(=O)=O. The van der Waals surface area contributed by atoms with E-state index in [2.05, 4.69) is 15.9 Å². The van der Waals surface area contributed by atoms with Crippen LogP contribution in [0.4, 0.5) is 0 Å². The van der Waals surface area contributed by atoms with Crippen molar-refractivity contribution in [1.29, 1.82) is 0 Å². The Kier molecular flexibility index (Phi) is 4.78. The summed E-state index contributed by atoms with van der Waals surface area (Å²) in [5.41, 5.74) is 6.01. The minimum absolute atomic E-state index is 0.208. The van der Waals surface area contributed by atoms with Crippen LogP contribution in [0.25, 0.3) is 0 Å². The number of rotatable bonds is 6. The Morgan fingerprint density at radius 1 is 1.43 bits per heavy atom. The van der Waals surface area contributed by atoms with Gasteiger partial charge in [0, 0.05) is 23.3 Å². The van der Waals surface area contributed by atoms with Crippen molar-refractivity contribution >= 4 is 43.0 Å². The summed E-state index contributed by atoms with van der Waals surface area (Å²) in [7, 11) is -3.28. The lowest BCUT2D eigenvalue weighted by Crippen LogP contribution is -2.33. The highest BCUT2D eigenvalue weighted by molar-refractivity contribution is 9.10. The highest BCUT2D eigenvalue weighted by Gasteiger charge is 2.71. The van der Waals surface area contributed by atoms with E-state index in [9.17, 15) is 8.42 Å². The van der Waals surface area contributed by atoms with E-state index in [1.165, 1.54) is 6.26 Å². The third-order valence-corrected chi connectivity index (χ3v) is 6.47. The molecule has 0 aromatic heterocycles. The quantitative estimate of drug-likeness (QED) is 0.753. The van der Waals surface area contributed by atoms with Gasteiger partial charge in [0.1, 0.15) is 0 Å². The first-order chi connectivity index (χ1) is 9.75. The van der Waals surface area contributed by atoms with E-state index in [0.717, 1.165) is 10.0 Å². The third kappa shape index (κ3) is 3.02. The number of thiocarbonyl (C=S) groups is 1. The lowest BCUT2D eigenvalue weighted by molar-refractivity contribution is 0.121. The van der Waals surface area contributed by atoms with Gasteiger partial charge in [0.2, 0.25) is 0 Å². The van der Waals surface area contributed by atoms with Gasteiger partial charge >= 0.3 is 0 Å². The van der Waals surface area contributed by atoms with E-state index in [-0.39, 0.29) is 17.5 Å². The Morgan fingerprint density at radius 3 is 2.43 bits per heavy atom. The smallest absolute Gasteiger partial charge is 0.152 e. The van der Waals surface area contributed by atoms with Crippen LogP contribution in [0.15, 0.2) is 28.7 Å². The van der Waals surface area contributed by atoms with Crippen LogP contribution in [0.3, 0.4) is 0 Å². The summed E-state index contributed by atoms with van der Waals surface area (Å²) in [6, 6.07) is 7.58. The second-order valence-corrected chi connectivity index (χ2v) is 8.84. The first-order valence-electron chi connectivity index (χ1n) is 6.57. The number of hydrogen-bond acceptors (Lipinski definition) is 4. The summed E-state index contributed by atoms with van der Waals surface area (Å²) in [5.74, 6) is -0.246. The second-order valence-electron chi connectivity index (χ2n) is 5.32. The van der Waals surface area contributed by atoms with E-state index in [4.69, 9.17) is 22.7 Å². The van der Waals surface area contributed by atoms with Crippen molar-refractivity contribution in [2.75, 3.05) is 19.5 Å². The molecule has 1 aliphatic carbocycles. The van der Waals surface area contributed by atoms with E-state index in [1.807, 2.05) is 31.2 Å². The van der Waals surface area contributed by atoms with Gasteiger partial charge in [-0.15, -0.1) is 0 Å². The van der Waals surface area contributed by atoms with Crippen LogP contribution in [-0.4, -0.2) is 38.1 Å². The summed E-state index contributed by atoms with van der Waals surface area (Å²) in [4.78, 5) is 0.208. The molecule has 1 aromatic rings. The van der Waals surface area contributed by atoms with Gasteiger partial charge in [0.15, 0.2) is 9.84 Å². The number of hydrogen-bond donors (Lipinski definition) is 1. The Morgan fingerprint density at radius 2 is 2.00 bits per heavy atom. The Bertz CT molecular complexity index is 645. The molecular formula is C14H18BrNO3S2. The fraction of sp³-hybridized carbons (Fsp3) is 0.500. The van der Waals surface area contributed by atoms with Crippen LogP contribution >= 0.6 is 28.1 Å². The molecule has 1 saturated carbocycles. The van der Waals surface area contributed by atoms with E-state index < -0.39 is 20.5 Å². The summed E-state index contributed by atoms with van der Waals surface area (Å²) >= 11 is 8.56. The van der Waals surface area contributed by atoms with Crippen LogP contribution in [0.5, 0.6) is 0 Å². The topological polar surface area (TPSA) is 69.4 Å². The molecule has 2 rings (SSSR count). The molecule has 0 heterocycles. The maximum absolute atomic E-state index is 12.1. The lowest BCUT2D eigenvalue weighted by Gasteiger charge is -2.16. The molecule has 0 amide bonds. The molecular weight excluding hydrogens is 374 g/mol. The van der Waals surface area contributed by atoms with Crippen LogP contribution in [-0.2, 0) is 14.6 Å². The molecule has 116 valence electrons. The highest BCUT2D eigenvalue weighted by atomic mass is 79.9. The number of halogens is 1. The maximum atomic E-state index is 12.1. The molecule has 21 heavy (non-hydrogen) atoms. The molecule has 3 unspecified atom stereocenters. The second kappa shape index (κ2) is 5.95. The van der Waals surface area contributed by atoms with Gasteiger partial charge in [0.25, 0.3) is 0 Å². The minimum atomic E-state index is -3.28. The zero-order valence-electron chi connectivity index (χ0n) is 11.9. The fourth-order valence-corrected chi connectivity index (χ4v) is 5.56. The molecule has 1 fully saturated rings. The summed E-state index contributed by atoms with van der Waals surface area (Å²) < 4.78 is 30.7.